The van der Waals surface area contributed by atoms with Crippen LogP contribution >= 0.6 is 11.6 Å². The highest BCUT2D eigenvalue weighted by atomic mass is 35.5. The molecule has 2 aromatic rings. The molecular formula is C14H15ClN2O2. The summed E-state index contributed by atoms with van der Waals surface area (Å²) < 4.78 is 1.78. The van der Waals surface area contributed by atoms with Crippen molar-refractivity contribution in [1.82, 2.24) is 9.78 Å². The minimum atomic E-state index is -0.987. The fourth-order valence-electron chi connectivity index (χ4n) is 1.92. The highest BCUT2D eigenvalue weighted by molar-refractivity contribution is 6.32. The maximum atomic E-state index is 10.9. The number of rotatable bonds is 4. The van der Waals surface area contributed by atoms with Crippen LogP contribution in [0.2, 0.25) is 5.02 Å². The predicted octanol–water partition coefficient (Wildman–Crippen LogP) is 3.35. The van der Waals surface area contributed by atoms with Gasteiger partial charge in [-0.3, -0.25) is 0 Å². The van der Waals surface area contributed by atoms with Gasteiger partial charge in [-0.1, -0.05) is 25.4 Å². The molecule has 4 nitrogen and oxygen atoms in total. The summed E-state index contributed by atoms with van der Waals surface area (Å²) in [6, 6.07) is 6.72. The van der Waals surface area contributed by atoms with Gasteiger partial charge >= 0.3 is 5.97 Å². The molecule has 1 aromatic heterocycles. The van der Waals surface area contributed by atoms with Gasteiger partial charge in [0.05, 0.1) is 22.0 Å². The average Bonchev–Trinajstić information content (AvgIpc) is 2.81. The van der Waals surface area contributed by atoms with E-state index in [1.807, 2.05) is 19.9 Å². The quantitative estimate of drug-likeness (QED) is 0.933. The SMILES string of the molecule is CCc1cc(CC)n(-c2ccc(C(=O)O)cc2Cl)n1. The summed E-state index contributed by atoms with van der Waals surface area (Å²) >= 11 is 6.17. The van der Waals surface area contributed by atoms with Crippen molar-refractivity contribution in [2.75, 3.05) is 0 Å². The fraction of sp³-hybridized carbons (Fsp3) is 0.286. The van der Waals surface area contributed by atoms with Crippen LogP contribution in [0.15, 0.2) is 24.3 Å². The van der Waals surface area contributed by atoms with Crippen molar-refractivity contribution in [3.63, 3.8) is 0 Å². The summed E-state index contributed by atoms with van der Waals surface area (Å²) in [4.78, 5) is 10.9. The highest BCUT2D eigenvalue weighted by Crippen LogP contribution is 2.24. The van der Waals surface area contributed by atoms with Crippen LogP contribution in [0, 0.1) is 0 Å². The number of carboxylic acid groups (broad SMARTS) is 1. The minimum Gasteiger partial charge on any atom is -0.478 e. The second kappa shape index (κ2) is 5.45. The molecule has 1 N–H and O–H groups in total. The van der Waals surface area contributed by atoms with Gasteiger partial charge in [-0.15, -0.1) is 0 Å². The number of aromatic carboxylic acids is 1. The van der Waals surface area contributed by atoms with E-state index in [2.05, 4.69) is 5.10 Å². The Bertz CT molecular complexity index is 620. The first-order chi connectivity index (χ1) is 9.06. The van der Waals surface area contributed by atoms with Crippen molar-refractivity contribution in [2.24, 2.45) is 0 Å². The summed E-state index contributed by atoms with van der Waals surface area (Å²) in [5, 5.41) is 13.8. The van der Waals surface area contributed by atoms with E-state index in [9.17, 15) is 4.79 Å². The van der Waals surface area contributed by atoms with E-state index in [1.165, 1.54) is 12.1 Å². The standard InChI is InChI=1S/C14H15ClN2O2/c1-3-10-8-11(4-2)17(16-10)13-6-5-9(14(18)19)7-12(13)15/h5-8H,3-4H2,1-2H3,(H,18,19). The predicted molar refractivity (Wildman–Crippen MR) is 74.3 cm³/mol. The van der Waals surface area contributed by atoms with Gasteiger partial charge in [0.15, 0.2) is 0 Å². The molecular weight excluding hydrogens is 264 g/mol. The van der Waals surface area contributed by atoms with Crippen molar-refractivity contribution in [2.45, 2.75) is 26.7 Å². The number of nitrogens with zero attached hydrogens (tertiary/aromatic N) is 2. The summed E-state index contributed by atoms with van der Waals surface area (Å²) in [6.45, 7) is 4.09. The molecule has 2 rings (SSSR count). The van der Waals surface area contributed by atoms with Gasteiger partial charge in [-0.2, -0.15) is 5.10 Å². The molecule has 19 heavy (non-hydrogen) atoms. The third-order valence-electron chi connectivity index (χ3n) is 2.98. The number of hydrogen-bond acceptors (Lipinski definition) is 2. The molecule has 100 valence electrons. The second-order valence-electron chi connectivity index (χ2n) is 4.22. The summed E-state index contributed by atoms with van der Waals surface area (Å²) in [5.74, 6) is -0.987. The van der Waals surface area contributed by atoms with Crippen LogP contribution in [-0.2, 0) is 12.8 Å². The Hall–Kier alpha value is -1.81. The molecule has 5 heteroatoms. The molecule has 1 aromatic carbocycles. The van der Waals surface area contributed by atoms with Crippen LogP contribution < -0.4 is 0 Å². The van der Waals surface area contributed by atoms with Crippen molar-refractivity contribution >= 4 is 17.6 Å². The van der Waals surface area contributed by atoms with E-state index in [0.717, 1.165) is 24.2 Å². The smallest absolute Gasteiger partial charge is 0.335 e. The van der Waals surface area contributed by atoms with Gasteiger partial charge in [0.25, 0.3) is 0 Å². The molecule has 0 aliphatic heterocycles. The van der Waals surface area contributed by atoms with Gasteiger partial charge in [-0.25, -0.2) is 9.48 Å². The molecule has 0 unspecified atom stereocenters. The van der Waals surface area contributed by atoms with E-state index < -0.39 is 5.97 Å². The van der Waals surface area contributed by atoms with Crippen LogP contribution in [0.5, 0.6) is 0 Å². The topological polar surface area (TPSA) is 55.1 Å². The van der Waals surface area contributed by atoms with Gasteiger partial charge in [0.1, 0.15) is 0 Å². The van der Waals surface area contributed by atoms with Crippen LogP contribution in [0.4, 0.5) is 0 Å². The molecule has 0 saturated carbocycles. The van der Waals surface area contributed by atoms with E-state index >= 15 is 0 Å². The van der Waals surface area contributed by atoms with Crippen molar-refractivity contribution in [3.05, 3.63) is 46.2 Å². The Morgan fingerprint density at radius 3 is 2.58 bits per heavy atom. The number of aryl methyl sites for hydroxylation is 2. The summed E-state index contributed by atoms with van der Waals surface area (Å²) in [7, 11) is 0. The van der Waals surface area contributed by atoms with Gasteiger partial charge in [0.2, 0.25) is 0 Å². The lowest BCUT2D eigenvalue weighted by Crippen LogP contribution is -2.04. The monoisotopic (exact) mass is 278 g/mol. The molecule has 0 amide bonds. The third-order valence-corrected chi connectivity index (χ3v) is 3.28. The number of aromatic nitrogens is 2. The minimum absolute atomic E-state index is 0.176. The lowest BCUT2D eigenvalue weighted by Gasteiger charge is -2.08. The molecule has 0 spiro atoms. The fourth-order valence-corrected chi connectivity index (χ4v) is 2.18. The molecule has 0 aliphatic rings. The van der Waals surface area contributed by atoms with Crippen LogP contribution in [0.3, 0.4) is 0 Å². The number of carboxylic acids is 1. The number of benzene rings is 1. The molecule has 0 radical (unpaired) electrons. The van der Waals surface area contributed by atoms with Gasteiger partial charge in [0, 0.05) is 5.69 Å². The van der Waals surface area contributed by atoms with E-state index in [4.69, 9.17) is 16.7 Å². The largest absolute Gasteiger partial charge is 0.478 e. The molecule has 0 bridgehead atoms. The summed E-state index contributed by atoms with van der Waals surface area (Å²) in [5.41, 5.74) is 2.94. The first-order valence-electron chi connectivity index (χ1n) is 6.17. The maximum absolute atomic E-state index is 10.9. The molecule has 0 fully saturated rings. The van der Waals surface area contributed by atoms with Crippen molar-refractivity contribution in [1.29, 1.82) is 0 Å². The van der Waals surface area contributed by atoms with Gasteiger partial charge < -0.3 is 5.11 Å². The lowest BCUT2D eigenvalue weighted by atomic mass is 10.2. The van der Waals surface area contributed by atoms with Crippen LogP contribution in [0.1, 0.15) is 35.6 Å². The zero-order valence-corrected chi connectivity index (χ0v) is 11.6. The number of hydrogen-bond donors (Lipinski definition) is 1. The Kier molecular flexibility index (Phi) is 3.90. The normalized spacial score (nSPS) is 10.7. The average molecular weight is 279 g/mol. The third kappa shape index (κ3) is 2.63. The van der Waals surface area contributed by atoms with Crippen molar-refractivity contribution in [3.8, 4) is 5.69 Å². The summed E-state index contributed by atoms with van der Waals surface area (Å²) in [6.07, 6.45) is 1.69. The Morgan fingerprint density at radius 1 is 1.32 bits per heavy atom. The number of carbonyl (C=O) groups is 1. The highest BCUT2D eigenvalue weighted by Gasteiger charge is 2.12. The molecule has 0 saturated heterocycles. The molecule has 0 aliphatic carbocycles. The Labute approximate surface area is 116 Å². The van der Waals surface area contributed by atoms with Crippen molar-refractivity contribution < 1.29 is 9.90 Å². The first kappa shape index (κ1) is 13.6. The number of halogens is 1. The van der Waals surface area contributed by atoms with Crippen LogP contribution in [0.25, 0.3) is 5.69 Å². The Balaban J connectivity index is 2.52. The molecule has 1 heterocycles. The van der Waals surface area contributed by atoms with Crippen LogP contribution in [-0.4, -0.2) is 20.9 Å². The Morgan fingerprint density at radius 2 is 2.05 bits per heavy atom. The molecule has 0 atom stereocenters. The van der Waals surface area contributed by atoms with E-state index in [0.29, 0.717) is 10.7 Å². The zero-order valence-electron chi connectivity index (χ0n) is 10.9. The second-order valence-corrected chi connectivity index (χ2v) is 4.62. The maximum Gasteiger partial charge on any atom is 0.335 e. The first-order valence-corrected chi connectivity index (χ1v) is 6.55. The zero-order chi connectivity index (χ0) is 14.0. The van der Waals surface area contributed by atoms with E-state index in [1.54, 1.807) is 10.7 Å². The van der Waals surface area contributed by atoms with E-state index in [-0.39, 0.29) is 5.56 Å². The lowest BCUT2D eigenvalue weighted by molar-refractivity contribution is 0.0697. The van der Waals surface area contributed by atoms with Gasteiger partial charge in [-0.05, 0) is 37.1 Å².